The third kappa shape index (κ3) is 6.82. The summed E-state index contributed by atoms with van der Waals surface area (Å²) >= 11 is 0. The van der Waals surface area contributed by atoms with Gasteiger partial charge in [0.1, 0.15) is 11.4 Å². The lowest BCUT2D eigenvalue weighted by molar-refractivity contribution is 0.0527. The van der Waals surface area contributed by atoms with Gasteiger partial charge >= 0.3 is 12.1 Å². The van der Waals surface area contributed by atoms with Crippen molar-refractivity contribution in [2.45, 2.75) is 32.8 Å². The molecule has 0 aliphatic carbocycles. The Bertz CT molecular complexity index is 591. The summed E-state index contributed by atoms with van der Waals surface area (Å²) in [6.45, 7) is 5.83. The van der Waals surface area contributed by atoms with Crippen LogP contribution in [-0.4, -0.2) is 36.3 Å². The number of hydrogen-bond acceptors (Lipinski definition) is 6. The zero-order chi connectivity index (χ0) is 17.5. The van der Waals surface area contributed by atoms with Crippen LogP contribution < -0.4 is 11.1 Å². The summed E-state index contributed by atoms with van der Waals surface area (Å²) < 4.78 is 9.76. The maximum atomic E-state index is 11.5. The van der Waals surface area contributed by atoms with Crippen LogP contribution in [0.3, 0.4) is 0 Å². The molecule has 0 aliphatic rings. The predicted molar refractivity (Wildman–Crippen MR) is 87.9 cm³/mol. The number of carbonyl (C=O) groups excluding carboxylic acids is 2. The van der Waals surface area contributed by atoms with E-state index in [0.717, 1.165) is 0 Å². The predicted octanol–water partition coefficient (Wildman–Crippen LogP) is 2.38. The van der Waals surface area contributed by atoms with Gasteiger partial charge in [-0.1, -0.05) is 12.2 Å². The number of hydrogen-bond donors (Lipinski definition) is 2. The van der Waals surface area contributed by atoms with E-state index >= 15 is 0 Å². The van der Waals surface area contributed by atoms with Crippen LogP contribution in [-0.2, 0) is 9.47 Å². The van der Waals surface area contributed by atoms with Crippen molar-refractivity contribution >= 4 is 24.0 Å². The molecular weight excluding hydrogens is 298 g/mol. The number of anilines is 1. The molecule has 1 amide bonds. The first kappa shape index (κ1) is 18.5. The third-order valence-electron chi connectivity index (χ3n) is 2.65. The van der Waals surface area contributed by atoms with E-state index in [1.807, 2.05) is 6.08 Å². The molecule has 0 radical (unpaired) electrons. The molecule has 0 atom stereocenters. The third-order valence-corrected chi connectivity index (χ3v) is 2.65. The fourth-order valence-electron chi connectivity index (χ4n) is 1.64. The zero-order valence-electron chi connectivity index (χ0n) is 13.9. The number of esters is 1. The van der Waals surface area contributed by atoms with Gasteiger partial charge in [-0.3, -0.25) is 0 Å². The quantitative estimate of drug-likeness (QED) is 0.637. The van der Waals surface area contributed by atoms with E-state index in [9.17, 15) is 9.59 Å². The Balaban J connectivity index is 2.52. The van der Waals surface area contributed by atoms with Gasteiger partial charge in [0.05, 0.1) is 12.7 Å². The molecule has 0 aliphatic heterocycles. The minimum absolute atomic E-state index is 0.314. The van der Waals surface area contributed by atoms with E-state index in [1.165, 1.54) is 13.3 Å². The SMILES string of the molecule is COC(=O)c1cnc(N)c(C=CCCNC(=O)OC(C)(C)C)c1. The molecule has 1 heterocycles. The van der Waals surface area contributed by atoms with Crippen molar-refractivity contribution in [3.05, 3.63) is 29.5 Å². The highest BCUT2D eigenvalue weighted by Crippen LogP contribution is 2.14. The first-order valence-electron chi connectivity index (χ1n) is 7.20. The molecule has 0 fully saturated rings. The standard InChI is InChI=1S/C16H23N3O4/c1-16(2,3)23-15(21)18-8-6-5-7-11-9-12(14(20)22-4)10-19-13(11)17/h5,7,9-10H,6,8H2,1-4H3,(H2,17,19)(H,18,21). The molecule has 7 nitrogen and oxygen atoms in total. The van der Waals surface area contributed by atoms with Crippen LogP contribution in [0.1, 0.15) is 43.1 Å². The molecule has 126 valence electrons. The van der Waals surface area contributed by atoms with Gasteiger partial charge in [-0.25, -0.2) is 14.6 Å². The lowest BCUT2D eigenvalue weighted by atomic mass is 10.1. The van der Waals surface area contributed by atoms with Gasteiger partial charge in [-0.15, -0.1) is 0 Å². The van der Waals surface area contributed by atoms with Gasteiger partial charge in [0.25, 0.3) is 0 Å². The van der Waals surface area contributed by atoms with Gasteiger partial charge in [-0.05, 0) is 33.3 Å². The van der Waals surface area contributed by atoms with Crippen LogP contribution in [0.25, 0.3) is 6.08 Å². The number of nitrogen functional groups attached to an aromatic ring is 1. The van der Waals surface area contributed by atoms with E-state index in [1.54, 1.807) is 32.9 Å². The van der Waals surface area contributed by atoms with Crippen LogP contribution in [0.4, 0.5) is 10.6 Å². The van der Waals surface area contributed by atoms with Crippen LogP contribution in [0, 0.1) is 0 Å². The van der Waals surface area contributed by atoms with Crippen molar-refractivity contribution in [3.8, 4) is 0 Å². The van der Waals surface area contributed by atoms with E-state index in [-0.39, 0.29) is 0 Å². The Morgan fingerprint density at radius 3 is 2.70 bits per heavy atom. The molecule has 1 aromatic heterocycles. The smallest absolute Gasteiger partial charge is 0.407 e. The number of alkyl carbamates (subject to hydrolysis) is 1. The molecule has 0 saturated heterocycles. The number of amides is 1. The Labute approximate surface area is 135 Å². The Morgan fingerprint density at radius 1 is 1.39 bits per heavy atom. The first-order chi connectivity index (χ1) is 10.7. The Morgan fingerprint density at radius 2 is 2.09 bits per heavy atom. The van der Waals surface area contributed by atoms with Crippen LogP contribution >= 0.6 is 0 Å². The van der Waals surface area contributed by atoms with E-state index in [2.05, 4.69) is 15.0 Å². The molecule has 7 heteroatoms. The Hall–Kier alpha value is -2.57. The molecule has 1 rings (SSSR count). The van der Waals surface area contributed by atoms with Crippen LogP contribution in [0.5, 0.6) is 0 Å². The lowest BCUT2D eigenvalue weighted by Crippen LogP contribution is -2.32. The van der Waals surface area contributed by atoms with E-state index < -0.39 is 17.7 Å². The molecule has 0 spiro atoms. The molecule has 0 saturated carbocycles. The number of rotatable bonds is 5. The number of nitrogens with zero attached hydrogens (tertiary/aromatic N) is 1. The number of pyridine rings is 1. The second-order valence-electron chi connectivity index (χ2n) is 5.81. The highest BCUT2D eigenvalue weighted by atomic mass is 16.6. The number of nitrogens with one attached hydrogen (secondary N) is 1. The number of methoxy groups -OCH3 is 1. The minimum atomic E-state index is -0.519. The van der Waals surface area contributed by atoms with Crippen molar-refractivity contribution in [1.82, 2.24) is 10.3 Å². The topological polar surface area (TPSA) is 104 Å². The second-order valence-corrected chi connectivity index (χ2v) is 5.81. The highest BCUT2D eigenvalue weighted by molar-refractivity contribution is 5.90. The minimum Gasteiger partial charge on any atom is -0.465 e. The maximum Gasteiger partial charge on any atom is 0.407 e. The molecule has 0 unspecified atom stereocenters. The number of ether oxygens (including phenoxy) is 2. The average molecular weight is 321 g/mol. The molecule has 23 heavy (non-hydrogen) atoms. The normalized spacial score (nSPS) is 11.3. The number of aromatic nitrogens is 1. The van der Waals surface area contributed by atoms with Gasteiger partial charge < -0.3 is 20.5 Å². The highest BCUT2D eigenvalue weighted by Gasteiger charge is 2.15. The van der Waals surface area contributed by atoms with Crippen LogP contribution in [0.2, 0.25) is 0 Å². The fraction of sp³-hybridized carbons (Fsp3) is 0.438. The zero-order valence-corrected chi connectivity index (χ0v) is 13.9. The summed E-state index contributed by atoms with van der Waals surface area (Å²) in [5.74, 6) is -0.159. The summed E-state index contributed by atoms with van der Waals surface area (Å²) in [5.41, 5.74) is 6.18. The van der Waals surface area contributed by atoms with E-state index in [4.69, 9.17) is 10.5 Å². The van der Waals surface area contributed by atoms with Crippen molar-refractivity contribution < 1.29 is 19.1 Å². The first-order valence-corrected chi connectivity index (χ1v) is 7.20. The summed E-state index contributed by atoms with van der Waals surface area (Å²) in [5, 5.41) is 2.65. The molecular formula is C16H23N3O4. The van der Waals surface area contributed by atoms with Gasteiger partial charge in [0.15, 0.2) is 0 Å². The molecule has 0 bridgehead atoms. The van der Waals surface area contributed by atoms with Crippen molar-refractivity contribution in [3.63, 3.8) is 0 Å². The number of nitrogens with two attached hydrogens (primary N) is 1. The summed E-state index contributed by atoms with van der Waals surface area (Å²) in [4.78, 5) is 26.9. The van der Waals surface area contributed by atoms with Crippen LogP contribution in [0.15, 0.2) is 18.3 Å². The number of carbonyl (C=O) groups is 2. The van der Waals surface area contributed by atoms with Gasteiger partial charge in [0.2, 0.25) is 0 Å². The fourth-order valence-corrected chi connectivity index (χ4v) is 1.64. The second kappa shape index (κ2) is 8.17. The largest absolute Gasteiger partial charge is 0.465 e. The van der Waals surface area contributed by atoms with Gasteiger partial charge in [-0.2, -0.15) is 0 Å². The molecule has 1 aromatic rings. The van der Waals surface area contributed by atoms with Crippen molar-refractivity contribution in [2.24, 2.45) is 0 Å². The van der Waals surface area contributed by atoms with E-state index in [0.29, 0.717) is 29.9 Å². The monoisotopic (exact) mass is 321 g/mol. The summed E-state index contributed by atoms with van der Waals surface area (Å²) in [7, 11) is 1.30. The summed E-state index contributed by atoms with van der Waals surface area (Å²) in [6.07, 6.45) is 5.06. The Kier molecular flexibility index (Phi) is 6.56. The average Bonchev–Trinajstić information content (AvgIpc) is 2.46. The van der Waals surface area contributed by atoms with Crippen molar-refractivity contribution in [2.75, 3.05) is 19.4 Å². The van der Waals surface area contributed by atoms with Gasteiger partial charge in [0, 0.05) is 18.3 Å². The molecule has 0 aromatic carbocycles. The molecule has 3 N–H and O–H groups in total. The van der Waals surface area contributed by atoms with Crippen molar-refractivity contribution in [1.29, 1.82) is 0 Å². The lowest BCUT2D eigenvalue weighted by Gasteiger charge is -2.19. The summed E-state index contributed by atoms with van der Waals surface area (Å²) in [6, 6.07) is 1.60. The maximum absolute atomic E-state index is 11.5.